The number of esters is 2. The Morgan fingerprint density at radius 3 is 2.62 bits per heavy atom. The first-order chi connectivity index (χ1) is 11.4. The van der Waals surface area contributed by atoms with Gasteiger partial charge in [0, 0.05) is 0 Å². The summed E-state index contributed by atoms with van der Waals surface area (Å²) < 4.78 is 15.2. The Morgan fingerprint density at radius 1 is 1.25 bits per heavy atom. The first-order valence-corrected chi connectivity index (χ1v) is 8.51. The minimum Gasteiger partial charge on any atom is -0.462 e. The van der Waals surface area contributed by atoms with Crippen molar-refractivity contribution in [3.63, 3.8) is 0 Å². The lowest BCUT2D eigenvalue weighted by Crippen LogP contribution is -2.20. The molecule has 0 saturated heterocycles. The van der Waals surface area contributed by atoms with Gasteiger partial charge in [0.2, 0.25) is 5.76 Å². The topological polar surface area (TPSA) is 94.8 Å². The van der Waals surface area contributed by atoms with Gasteiger partial charge in [-0.25, -0.2) is 9.59 Å². The third-order valence-electron chi connectivity index (χ3n) is 2.75. The number of anilines is 1. The van der Waals surface area contributed by atoms with E-state index in [4.69, 9.17) is 13.9 Å². The molecule has 0 unspecified atom stereocenters. The Kier molecular flexibility index (Phi) is 6.16. The second kappa shape index (κ2) is 8.11. The summed E-state index contributed by atoms with van der Waals surface area (Å²) in [6.45, 7) is 3.27. The SMILES string of the molecule is CCOC(=O)c1sc(NC(=O)COC(=O)c2ccc(Br)o2)cc1C. The molecule has 0 saturated carbocycles. The molecule has 0 aliphatic heterocycles. The molecule has 2 heterocycles. The van der Waals surface area contributed by atoms with Gasteiger partial charge in [-0.3, -0.25) is 4.79 Å². The quantitative estimate of drug-likeness (QED) is 0.726. The van der Waals surface area contributed by atoms with Gasteiger partial charge >= 0.3 is 11.9 Å². The first-order valence-electron chi connectivity index (χ1n) is 6.90. The van der Waals surface area contributed by atoms with Crippen molar-refractivity contribution < 1.29 is 28.3 Å². The molecule has 0 aromatic carbocycles. The zero-order valence-electron chi connectivity index (χ0n) is 12.9. The Balaban J connectivity index is 1.89. The molecule has 9 heteroatoms. The van der Waals surface area contributed by atoms with Crippen molar-refractivity contribution >= 4 is 50.1 Å². The largest absolute Gasteiger partial charge is 0.462 e. The van der Waals surface area contributed by atoms with Crippen LogP contribution in [-0.2, 0) is 14.3 Å². The van der Waals surface area contributed by atoms with E-state index in [9.17, 15) is 14.4 Å². The minimum atomic E-state index is -0.745. The van der Waals surface area contributed by atoms with Crippen molar-refractivity contribution in [2.75, 3.05) is 18.5 Å². The van der Waals surface area contributed by atoms with Gasteiger partial charge < -0.3 is 19.2 Å². The molecule has 1 N–H and O–H groups in total. The van der Waals surface area contributed by atoms with Crippen LogP contribution in [-0.4, -0.2) is 31.1 Å². The molecule has 128 valence electrons. The number of furan rings is 1. The van der Waals surface area contributed by atoms with Gasteiger partial charge in [0.15, 0.2) is 11.3 Å². The number of rotatable bonds is 6. The van der Waals surface area contributed by atoms with Crippen molar-refractivity contribution in [3.8, 4) is 0 Å². The highest BCUT2D eigenvalue weighted by Crippen LogP contribution is 2.27. The summed E-state index contributed by atoms with van der Waals surface area (Å²) in [4.78, 5) is 35.6. The minimum absolute atomic E-state index is 0.00811. The van der Waals surface area contributed by atoms with E-state index in [1.165, 1.54) is 6.07 Å². The Labute approximate surface area is 150 Å². The second-order valence-corrected chi connectivity index (χ2v) is 6.41. The van der Waals surface area contributed by atoms with Crippen LogP contribution in [0.4, 0.5) is 5.00 Å². The Morgan fingerprint density at radius 2 is 2.00 bits per heavy atom. The summed E-state index contributed by atoms with van der Waals surface area (Å²) in [6, 6.07) is 4.63. The molecule has 0 spiro atoms. The van der Waals surface area contributed by atoms with Gasteiger partial charge in [0.05, 0.1) is 11.6 Å². The molecule has 2 aromatic rings. The maximum atomic E-state index is 11.8. The lowest BCUT2D eigenvalue weighted by molar-refractivity contribution is -0.119. The van der Waals surface area contributed by atoms with E-state index in [-0.39, 0.29) is 12.4 Å². The maximum absolute atomic E-state index is 11.8. The van der Waals surface area contributed by atoms with Gasteiger partial charge in [-0.15, -0.1) is 11.3 Å². The standard InChI is InChI=1S/C15H14BrNO6S/c1-3-21-15(20)13-8(2)6-12(24-13)17-11(18)7-22-14(19)9-4-5-10(16)23-9/h4-6H,3,7H2,1-2H3,(H,17,18). The van der Waals surface area contributed by atoms with E-state index in [1.54, 1.807) is 26.0 Å². The predicted octanol–water partition coefficient (Wildman–Crippen LogP) is 3.38. The van der Waals surface area contributed by atoms with Crippen LogP contribution in [0.2, 0.25) is 0 Å². The monoisotopic (exact) mass is 415 g/mol. The van der Waals surface area contributed by atoms with E-state index in [0.29, 0.717) is 20.1 Å². The molecule has 0 aliphatic carbocycles. The summed E-state index contributed by atoms with van der Waals surface area (Å²) in [6.07, 6.45) is 0. The van der Waals surface area contributed by atoms with Crippen molar-refractivity contribution in [1.29, 1.82) is 0 Å². The third-order valence-corrected chi connectivity index (χ3v) is 4.31. The molecule has 24 heavy (non-hydrogen) atoms. The van der Waals surface area contributed by atoms with Gasteiger partial charge in [-0.1, -0.05) is 0 Å². The van der Waals surface area contributed by atoms with E-state index >= 15 is 0 Å². The zero-order chi connectivity index (χ0) is 17.7. The number of amides is 1. The number of aryl methyl sites for hydroxylation is 1. The molecule has 7 nitrogen and oxygen atoms in total. The molecule has 0 aliphatic rings. The van der Waals surface area contributed by atoms with Crippen LogP contribution in [0.1, 0.15) is 32.7 Å². The van der Waals surface area contributed by atoms with Crippen LogP contribution in [0.5, 0.6) is 0 Å². The fourth-order valence-corrected chi connectivity index (χ4v) is 3.03. The van der Waals surface area contributed by atoms with Crippen LogP contribution in [0.3, 0.4) is 0 Å². The smallest absolute Gasteiger partial charge is 0.374 e. The predicted molar refractivity (Wildman–Crippen MR) is 90.3 cm³/mol. The maximum Gasteiger partial charge on any atom is 0.374 e. The van der Waals surface area contributed by atoms with Gasteiger partial charge in [-0.2, -0.15) is 0 Å². The van der Waals surface area contributed by atoms with Crippen LogP contribution < -0.4 is 5.32 Å². The van der Waals surface area contributed by atoms with Gasteiger partial charge in [-0.05, 0) is 53.5 Å². The summed E-state index contributed by atoms with van der Waals surface area (Å²) in [5.41, 5.74) is 0.700. The summed E-state index contributed by atoms with van der Waals surface area (Å²) in [5.74, 6) is -1.71. The van der Waals surface area contributed by atoms with Gasteiger partial charge in [0.25, 0.3) is 5.91 Å². The van der Waals surface area contributed by atoms with Crippen molar-refractivity contribution in [2.45, 2.75) is 13.8 Å². The average molecular weight is 416 g/mol. The number of thiophene rings is 1. The second-order valence-electron chi connectivity index (χ2n) is 4.57. The summed E-state index contributed by atoms with van der Waals surface area (Å²) in [5, 5.41) is 3.04. The molecular formula is C15H14BrNO6S. The molecule has 0 radical (unpaired) electrons. The highest BCUT2D eigenvalue weighted by Gasteiger charge is 2.17. The molecule has 0 fully saturated rings. The lowest BCUT2D eigenvalue weighted by Gasteiger charge is -2.03. The summed E-state index contributed by atoms with van der Waals surface area (Å²) >= 11 is 4.16. The zero-order valence-corrected chi connectivity index (χ0v) is 15.3. The lowest BCUT2D eigenvalue weighted by atomic mass is 10.3. The Hall–Kier alpha value is -2.13. The first kappa shape index (κ1) is 18.2. The number of carbonyl (C=O) groups is 3. The third kappa shape index (κ3) is 4.68. The van der Waals surface area contributed by atoms with Crippen LogP contribution in [0.25, 0.3) is 0 Å². The molecule has 0 bridgehead atoms. The van der Waals surface area contributed by atoms with E-state index in [1.807, 2.05) is 0 Å². The number of carbonyl (C=O) groups excluding carboxylic acids is 3. The van der Waals surface area contributed by atoms with Gasteiger partial charge in [0.1, 0.15) is 4.88 Å². The average Bonchev–Trinajstić information content (AvgIpc) is 3.11. The number of nitrogens with one attached hydrogen (secondary N) is 1. The molecular weight excluding hydrogens is 402 g/mol. The van der Waals surface area contributed by atoms with Crippen LogP contribution >= 0.6 is 27.3 Å². The normalized spacial score (nSPS) is 10.3. The Bertz CT molecular complexity index is 766. The fraction of sp³-hybridized carbons (Fsp3) is 0.267. The highest BCUT2D eigenvalue weighted by atomic mass is 79.9. The fourth-order valence-electron chi connectivity index (χ4n) is 1.74. The van der Waals surface area contributed by atoms with E-state index in [2.05, 4.69) is 21.2 Å². The molecule has 2 rings (SSSR count). The molecule has 0 atom stereocenters. The number of hydrogen-bond acceptors (Lipinski definition) is 7. The number of ether oxygens (including phenoxy) is 2. The molecule has 2 aromatic heterocycles. The van der Waals surface area contributed by atoms with Crippen molar-refractivity contribution in [1.82, 2.24) is 0 Å². The van der Waals surface area contributed by atoms with Crippen LogP contribution in [0.15, 0.2) is 27.3 Å². The number of hydrogen-bond donors (Lipinski definition) is 1. The highest BCUT2D eigenvalue weighted by molar-refractivity contribution is 9.10. The number of halogens is 1. The molecule has 1 amide bonds. The van der Waals surface area contributed by atoms with Crippen LogP contribution in [0, 0.1) is 6.92 Å². The van der Waals surface area contributed by atoms with Crippen molar-refractivity contribution in [2.24, 2.45) is 0 Å². The van der Waals surface area contributed by atoms with Crippen molar-refractivity contribution in [3.05, 3.63) is 39.1 Å². The van der Waals surface area contributed by atoms with E-state index in [0.717, 1.165) is 11.3 Å². The summed E-state index contributed by atoms with van der Waals surface area (Å²) in [7, 11) is 0. The van der Waals surface area contributed by atoms with E-state index < -0.39 is 24.5 Å².